The van der Waals surface area contributed by atoms with E-state index in [-0.39, 0.29) is 24.5 Å². The van der Waals surface area contributed by atoms with Crippen molar-refractivity contribution in [3.8, 4) is 0 Å². The number of nitrogens with one attached hydrogen (secondary N) is 1. The van der Waals surface area contributed by atoms with Crippen molar-refractivity contribution in [2.75, 3.05) is 6.67 Å². The van der Waals surface area contributed by atoms with Crippen molar-refractivity contribution in [1.82, 2.24) is 4.90 Å². The molecule has 0 atom stereocenters. The van der Waals surface area contributed by atoms with Crippen LogP contribution in [0.5, 0.6) is 0 Å². The third-order valence-corrected chi connectivity index (χ3v) is 3.49. The lowest BCUT2D eigenvalue weighted by Crippen LogP contribution is -2.71. The quantitative estimate of drug-likeness (QED) is 0.616. The van der Waals surface area contributed by atoms with E-state index in [0.29, 0.717) is 0 Å². The summed E-state index contributed by atoms with van der Waals surface area (Å²) in [4.78, 5) is 13.9. The Labute approximate surface area is 108 Å². The number of amides is 1. The van der Waals surface area contributed by atoms with Crippen molar-refractivity contribution in [3.05, 3.63) is 40.9 Å². The maximum atomic E-state index is 12.1. The predicted molar refractivity (Wildman–Crippen MR) is 68.5 cm³/mol. The van der Waals surface area contributed by atoms with Gasteiger partial charge in [-0.15, -0.1) is 0 Å². The van der Waals surface area contributed by atoms with Crippen molar-refractivity contribution in [2.24, 2.45) is 5.92 Å². The minimum Gasteiger partial charge on any atom is -0.507 e. The van der Waals surface area contributed by atoms with Crippen LogP contribution in [0.3, 0.4) is 0 Å². The van der Waals surface area contributed by atoms with E-state index in [1.54, 1.807) is 4.90 Å². The molecule has 1 N–H and O–H groups in total. The Morgan fingerprint density at radius 1 is 1.39 bits per heavy atom. The highest BCUT2D eigenvalue weighted by Crippen LogP contribution is 2.25. The molecule has 0 radical (unpaired) electrons. The third kappa shape index (κ3) is 2.42. The molecule has 4 nitrogen and oxygen atoms in total. The van der Waals surface area contributed by atoms with Gasteiger partial charge in [-0.05, 0) is 24.0 Å². The number of fused-ring (bicyclic) bond motifs is 1. The first kappa shape index (κ1) is 12.7. The van der Waals surface area contributed by atoms with Gasteiger partial charge in [-0.2, -0.15) is 0 Å². The highest BCUT2D eigenvalue weighted by atomic mass is 16.2. The number of rotatable bonds is 4. The molecule has 0 aromatic heterocycles. The Hall–Kier alpha value is -1.71. The molecule has 0 bridgehead atoms. The minimum atomic E-state index is -0.0536. The van der Waals surface area contributed by atoms with E-state index in [1.807, 2.05) is 26.0 Å². The van der Waals surface area contributed by atoms with E-state index in [0.717, 1.165) is 12.8 Å². The summed E-state index contributed by atoms with van der Waals surface area (Å²) >= 11 is 0. The Balaban J connectivity index is 2.15. The van der Waals surface area contributed by atoms with Gasteiger partial charge in [-0.1, -0.05) is 38.1 Å². The van der Waals surface area contributed by atoms with Gasteiger partial charge < -0.3 is 10.6 Å². The first-order valence-electron chi connectivity index (χ1n) is 6.37. The number of hydrogen-bond donors (Lipinski definition) is 1. The lowest BCUT2D eigenvalue weighted by molar-refractivity contribution is -0.504. The molecule has 2 rings (SSSR count). The molecule has 96 valence electrons. The van der Waals surface area contributed by atoms with E-state index in [9.17, 15) is 4.79 Å². The zero-order valence-corrected chi connectivity index (χ0v) is 10.9. The summed E-state index contributed by atoms with van der Waals surface area (Å²) in [5.74, 6) is 0.0245. The molecule has 1 aromatic carbocycles. The normalized spacial score (nSPS) is 14.6. The topological polar surface area (TPSA) is 56.6 Å². The fourth-order valence-corrected chi connectivity index (χ4v) is 2.55. The van der Waals surface area contributed by atoms with Crippen LogP contribution in [-0.2, 0) is 17.6 Å². The molecule has 0 spiro atoms. The van der Waals surface area contributed by atoms with Crippen LogP contribution in [-0.4, -0.2) is 23.5 Å². The van der Waals surface area contributed by atoms with E-state index in [1.165, 1.54) is 11.1 Å². The lowest BCUT2D eigenvalue weighted by Gasteiger charge is -2.27. The predicted octanol–water partition coefficient (Wildman–Crippen LogP) is 0.698. The van der Waals surface area contributed by atoms with Gasteiger partial charge in [-0.25, -0.2) is 0 Å². The highest BCUT2D eigenvalue weighted by molar-refractivity contribution is 5.78. The van der Waals surface area contributed by atoms with Gasteiger partial charge >= 0.3 is 0 Å². The van der Waals surface area contributed by atoms with Crippen molar-refractivity contribution < 1.29 is 9.91 Å². The first-order chi connectivity index (χ1) is 8.63. The van der Waals surface area contributed by atoms with Crippen molar-refractivity contribution >= 4 is 5.91 Å². The SMILES string of the molecule is CC(C)C(=O)N(C[NH+]=[N-])C1Cc2ccccc2C1. The van der Waals surface area contributed by atoms with Gasteiger partial charge in [0.25, 0.3) is 0 Å². The van der Waals surface area contributed by atoms with E-state index >= 15 is 0 Å². The van der Waals surface area contributed by atoms with Gasteiger partial charge in [0.05, 0.1) is 0 Å². The van der Waals surface area contributed by atoms with Gasteiger partial charge in [0.1, 0.15) is 0 Å². The van der Waals surface area contributed by atoms with Crippen molar-refractivity contribution in [3.63, 3.8) is 0 Å². The third-order valence-electron chi connectivity index (χ3n) is 3.49. The maximum absolute atomic E-state index is 12.1. The number of nitrogens with zero attached hydrogens (tertiary/aromatic N) is 2. The summed E-state index contributed by atoms with van der Waals surface area (Å²) in [6.07, 6.45) is 1.74. The summed E-state index contributed by atoms with van der Waals surface area (Å²) in [6, 6.07) is 8.43. The Bertz CT molecular complexity index is 431. The number of hydrogen-bond acceptors (Lipinski definition) is 1. The van der Waals surface area contributed by atoms with Gasteiger partial charge in [-0.3, -0.25) is 9.69 Å². The Morgan fingerprint density at radius 3 is 2.39 bits per heavy atom. The zero-order chi connectivity index (χ0) is 13.1. The molecule has 0 fully saturated rings. The summed E-state index contributed by atoms with van der Waals surface area (Å²) < 4.78 is 0. The molecule has 1 aromatic rings. The summed E-state index contributed by atoms with van der Waals surface area (Å²) in [5, 5.41) is 2.11. The zero-order valence-electron chi connectivity index (χ0n) is 10.9. The fraction of sp³-hybridized carbons (Fsp3) is 0.500. The Kier molecular flexibility index (Phi) is 3.75. The van der Waals surface area contributed by atoms with Crippen LogP contribution in [0.1, 0.15) is 25.0 Å². The maximum Gasteiger partial charge on any atom is 0.230 e. The molecular weight excluding hydrogens is 226 g/mol. The van der Waals surface area contributed by atoms with Gasteiger partial charge in [0.2, 0.25) is 12.6 Å². The van der Waals surface area contributed by atoms with E-state index in [2.05, 4.69) is 17.2 Å². The second kappa shape index (κ2) is 5.29. The van der Waals surface area contributed by atoms with Crippen molar-refractivity contribution in [1.29, 1.82) is 0 Å². The molecule has 0 saturated carbocycles. The number of carbonyl (C=O) groups is 1. The smallest absolute Gasteiger partial charge is 0.230 e. The summed E-state index contributed by atoms with van der Waals surface area (Å²) in [7, 11) is 0. The molecule has 1 aliphatic carbocycles. The molecule has 1 amide bonds. The average Bonchev–Trinajstić information content (AvgIpc) is 2.78. The monoisotopic (exact) mass is 245 g/mol. The first-order valence-corrected chi connectivity index (χ1v) is 6.37. The molecule has 4 heteroatoms. The lowest BCUT2D eigenvalue weighted by atomic mass is 10.1. The highest BCUT2D eigenvalue weighted by Gasteiger charge is 2.31. The Morgan fingerprint density at radius 2 is 1.94 bits per heavy atom. The second-order valence-corrected chi connectivity index (χ2v) is 5.11. The molecule has 0 aliphatic heterocycles. The van der Waals surface area contributed by atoms with E-state index < -0.39 is 0 Å². The molecule has 0 unspecified atom stereocenters. The van der Waals surface area contributed by atoms with Crippen molar-refractivity contribution in [2.45, 2.75) is 32.7 Å². The van der Waals surface area contributed by atoms with Crippen LogP contribution >= 0.6 is 0 Å². The fourth-order valence-electron chi connectivity index (χ4n) is 2.55. The summed E-state index contributed by atoms with van der Waals surface area (Å²) in [6.45, 7) is 3.96. The largest absolute Gasteiger partial charge is 0.507 e. The molecule has 1 aliphatic rings. The van der Waals surface area contributed by atoms with Crippen LogP contribution in [0, 0.1) is 5.92 Å². The second-order valence-electron chi connectivity index (χ2n) is 5.11. The van der Waals surface area contributed by atoms with E-state index in [4.69, 9.17) is 5.53 Å². The van der Waals surface area contributed by atoms with Crippen LogP contribution < -0.4 is 5.11 Å². The number of carbonyl (C=O) groups excluding carboxylic acids is 1. The molecule has 0 heterocycles. The average molecular weight is 245 g/mol. The van der Waals surface area contributed by atoms with Crippen LogP contribution in [0.25, 0.3) is 5.53 Å². The van der Waals surface area contributed by atoms with Crippen LogP contribution in [0.15, 0.2) is 24.3 Å². The molecule has 18 heavy (non-hydrogen) atoms. The van der Waals surface area contributed by atoms with Crippen LogP contribution in [0.4, 0.5) is 0 Å². The summed E-state index contributed by atoms with van der Waals surface area (Å²) in [5.41, 5.74) is 11.5. The van der Waals surface area contributed by atoms with Gasteiger partial charge in [0.15, 0.2) is 0 Å². The number of benzene rings is 1. The van der Waals surface area contributed by atoms with Gasteiger partial charge in [0, 0.05) is 12.0 Å². The standard InChI is InChI=1S/C14H19N3O/c1-10(2)14(18)17(9-16-15)13-7-11-5-3-4-6-12(11)8-13/h3-6,10,13,16H,7-9H2,1-2H3. The molecule has 0 saturated heterocycles. The van der Waals surface area contributed by atoms with Crippen LogP contribution in [0.2, 0.25) is 0 Å². The minimum absolute atomic E-state index is 0.0536. The molecular formula is C14H19N3O.